The Bertz CT molecular complexity index is 658. The van der Waals surface area contributed by atoms with E-state index in [1.807, 2.05) is 13.8 Å². The van der Waals surface area contributed by atoms with Gasteiger partial charge in [-0.15, -0.1) is 0 Å². The maximum atomic E-state index is 11.8. The Morgan fingerprint density at radius 2 is 2.00 bits per heavy atom. The summed E-state index contributed by atoms with van der Waals surface area (Å²) in [5.74, 6) is -0.252. The van der Waals surface area contributed by atoms with E-state index >= 15 is 0 Å². The quantitative estimate of drug-likeness (QED) is 0.532. The van der Waals surface area contributed by atoms with Crippen LogP contribution in [0.5, 0.6) is 0 Å². The number of nitrogens with zero attached hydrogens (tertiary/aromatic N) is 2. The molecule has 0 fully saturated rings. The Kier molecular flexibility index (Phi) is 4.25. The van der Waals surface area contributed by atoms with Crippen LogP contribution in [0.1, 0.15) is 19.4 Å². The minimum absolute atomic E-state index is 0.145. The molecule has 92 valence electrons. The monoisotopic (exact) mass is 260 g/mol. The number of nitriles is 1. The molecule has 1 aromatic rings. The summed E-state index contributed by atoms with van der Waals surface area (Å²) in [5.41, 5.74) is 0.650. The van der Waals surface area contributed by atoms with Gasteiger partial charge < -0.3 is 0 Å². The van der Waals surface area contributed by atoms with Crippen LogP contribution in [0.3, 0.4) is 0 Å². The normalized spacial score (nSPS) is 17.6. The molecule has 0 spiro atoms. The Morgan fingerprint density at radius 1 is 1.39 bits per heavy atom. The highest BCUT2D eigenvalue weighted by atomic mass is 32.2. The zero-order valence-electron chi connectivity index (χ0n) is 10.1. The predicted octanol–water partition coefficient (Wildman–Crippen LogP) is 2.65. The molecule has 18 heavy (non-hydrogen) atoms. The lowest BCUT2D eigenvalue weighted by molar-refractivity contribution is 0.601. The number of benzene rings is 1. The largest absolute Gasteiger partial charge is 0.266 e. The third kappa shape index (κ3) is 2.27. The summed E-state index contributed by atoms with van der Waals surface area (Å²) >= 11 is 0. The topological polar surface area (TPSA) is 62.3 Å². The fourth-order valence-electron chi connectivity index (χ4n) is 1.69. The average molecular weight is 260 g/mol. The molecule has 1 aliphatic heterocycles. The number of allylic oxidation sites excluding steroid dienone is 1. The van der Waals surface area contributed by atoms with Crippen molar-refractivity contribution in [3.63, 3.8) is 0 Å². The van der Waals surface area contributed by atoms with E-state index in [4.69, 9.17) is 11.8 Å². The fraction of sp³-hybridized carbons (Fsp3) is 0.231. The van der Waals surface area contributed by atoms with Crippen molar-refractivity contribution in [2.24, 2.45) is 0 Å². The highest BCUT2D eigenvalue weighted by molar-refractivity contribution is 7.92. The molecule has 0 aromatic heterocycles. The maximum Gasteiger partial charge on any atom is 0.266 e. The van der Waals surface area contributed by atoms with Gasteiger partial charge in [0.1, 0.15) is 0 Å². The van der Waals surface area contributed by atoms with Gasteiger partial charge in [-0.3, -0.25) is 0 Å². The summed E-state index contributed by atoms with van der Waals surface area (Å²) in [6.07, 6.45) is 0. The number of rotatable bonds is 0. The predicted molar refractivity (Wildman–Crippen MR) is 69.0 cm³/mol. The smallest absolute Gasteiger partial charge is 0.226 e. The van der Waals surface area contributed by atoms with Gasteiger partial charge in [-0.25, -0.2) is 18.5 Å². The van der Waals surface area contributed by atoms with Gasteiger partial charge in [-0.05, 0) is 17.2 Å². The first-order chi connectivity index (χ1) is 8.60. The van der Waals surface area contributed by atoms with Crippen LogP contribution >= 0.6 is 0 Å². The van der Waals surface area contributed by atoms with Crippen molar-refractivity contribution in [3.8, 4) is 6.07 Å². The standard InChI is InChI=1S/C11H6N2O2S.C2H6/c1-13-10(6-12)9-7-16(14,15)11-5-3-2-4-8(9)11;1-2/h2-5H,7H2;1-2H3/b10-9+;. The first-order valence-electron chi connectivity index (χ1n) is 5.43. The van der Waals surface area contributed by atoms with Crippen molar-refractivity contribution in [1.82, 2.24) is 0 Å². The summed E-state index contributed by atoms with van der Waals surface area (Å²) in [5, 5.41) is 8.77. The second-order valence-corrected chi connectivity index (χ2v) is 5.26. The SMILES string of the molecule is CC.[C-]#[N+]/C(C#N)=C1\CS(=O)(=O)c2ccccc21. The van der Waals surface area contributed by atoms with E-state index in [2.05, 4.69) is 4.85 Å². The first-order valence-corrected chi connectivity index (χ1v) is 7.08. The molecule has 1 aliphatic rings. The summed E-state index contributed by atoms with van der Waals surface area (Å²) in [6, 6.07) is 8.17. The van der Waals surface area contributed by atoms with Gasteiger partial charge in [0.15, 0.2) is 9.84 Å². The van der Waals surface area contributed by atoms with Crippen molar-refractivity contribution in [2.75, 3.05) is 5.75 Å². The van der Waals surface area contributed by atoms with Gasteiger partial charge in [0.05, 0.1) is 23.3 Å². The van der Waals surface area contributed by atoms with E-state index in [9.17, 15) is 8.42 Å². The van der Waals surface area contributed by atoms with Crippen LogP contribution in [0.2, 0.25) is 0 Å². The van der Waals surface area contributed by atoms with E-state index in [-0.39, 0.29) is 16.3 Å². The van der Waals surface area contributed by atoms with E-state index < -0.39 is 9.84 Å². The zero-order valence-corrected chi connectivity index (χ0v) is 11.0. The molecule has 1 heterocycles. The molecular formula is C13H12N2O2S. The Hall–Kier alpha value is -2.11. The van der Waals surface area contributed by atoms with E-state index in [0.717, 1.165) is 0 Å². The molecule has 0 saturated carbocycles. The third-order valence-electron chi connectivity index (χ3n) is 2.39. The Balaban J connectivity index is 0.000000771. The van der Waals surface area contributed by atoms with Gasteiger partial charge >= 0.3 is 0 Å². The number of hydrogen-bond acceptors (Lipinski definition) is 3. The second kappa shape index (κ2) is 5.48. The van der Waals surface area contributed by atoms with Crippen LogP contribution in [0.15, 0.2) is 34.9 Å². The lowest BCUT2D eigenvalue weighted by Gasteiger charge is -1.97. The molecule has 0 bridgehead atoms. The molecule has 5 heteroatoms. The average Bonchev–Trinajstić information content (AvgIpc) is 2.67. The van der Waals surface area contributed by atoms with Gasteiger partial charge in [-0.1, -0.05) is 32.0 Å². The van der Waals surface area contributed by atoms with E-state index in [1.54, 1.807) is 24.3 Å². The maximum absolute atomic E-state index is 11.8. The van der Waals surface area contributed by atoms with Crippen LogP contribution in [0.4, 0.5) is 0 Å². The minimum atomic E-state index is -3.37. The molecule has 4 nitrogen and oxygen atoms in total. The highest BCUT2D eigenvalue weighted by Gasteiger charge is 2.31. The molecule has 0 N–H and O–H groups in total. The molecule has 0 unspecified atom stereocenters. The van der Waals surface area contributed by atoms with E-state index in [1.165, 1.54) is 6.07 Å². The molecule has 0 saturated heterocycles. The van der Waals surface area contributed by atoms with Crippen molar-refractivity contribution in [3.05, 3.63) is 46.9 Å². The van der Waals surface area contributed by atoms with Crippen LogP contribution in [0.25, 0.3) is 10.4 Å². The van der Waals surface area contributed by atoms with Crippen molar-refractivity contribution in [2.45, 2.75) is 18.7 Å². The number of fused-ring (bicyclic) bond motifs is 1. The Morgan fingerprint density at radius 3 is 2.56 bits per heavy atom. The third-order valence-corrected chi connectivity index (χ3v) is 4.08. The van der Waals surface area contributed by atoms with Crippen LogP contribution in [-0.4, -0.2) is 14.2 Å². The fourth-order valence-corrected chi connectivity index (χ4v) is 3.33. The van der Waals surface area contributed by atoms with Crippen molar-refractivity contribution < 1.29 is 8.42 Å². The molecule has 0 radical (unpaired) electrons. The highest BCUT2D eigenvalue weighted by Crippen LogP contribution is 2.35. The molecule has 0 amide bonds. The summed E-state index contributed by atoms with van der Waals surface area (Å²) in [7, 11) is -3.37. The van der Waals surface area contributed by atoms with Gasteiger partial charge in [0, 0.05) is 0 Å². The van der Waals surface area contributed by atoms with Gasteiger partial charge in [0.25, 0.3) is 5.70 Å². The second-order valence-electron chi connectivity index (χ2n) is 3.31. The lowest BCUT2D eigenvalue weighted by Crippen LogP contribution is -1.98. The molecule has 0 atom stereocenters. The summed E-state index contributed by atoms with van der Waals surface area (Å²) < 4.78 is 23.5. The molecule has 1 aromatic carbocycles. The van der Waals surface area contributed by atoms with Crippen molar-refractivity contribution in [1.29, 1.82) is 5.26 Å². The van der Waals surface area contributed by atoms with Crippen molar-refractivity contribution >= 4 is 15.4 Å². The summed E-state index contributed by atoms with van der Waals surface area (Å²) in [6.45, 7) is 10.8. The Labute approximate surface area is 107 Å². The first kappa shape index (κ1) is 14.0. The van der Waals surface area contributed by atoms with Crippen LogP contribution < -0.4 is 0 Å². The molecule has 0 aliphatic carbocycles. The van der Waals surface area contributed by atoms with Gasteiger partial charge in [0.2, 0.25) is 0 Å². The van der Waals surface area contributed by atoms with Crippen LogP contribution in [0, 0.1) is 17.9 Å². The zero-order chi connectivity index (χ0) is 13.8. The van der Waals surface area contributed by atoms with Crippen LogP contribution in [-0.2, 0) is 9.84 Å². The summed E-state index contributed by atoms with van der Waals surface area (Å²) in [4.78, 5) is 3.27. The number of hydrogen-bond donors (Lipinski definition) is 0. The lowest BCUT2D eigenvalue weighted by atomic mass is 10.1. The van der Waals surface area contributed by atoms with Gasteiger partial charge in [-0.2, -0.15) is 0 Å². The van der Waals surface area contributed by atoms with E-state index in [0.29, 0.717) is 11.1 Å². The minimum Gasteiger partial charge on any atom is -0.226 e. The molecule has 2 rings (SSSR count). The number of sulfone groups is 1. The molecular weight excluding hydrogens is 248 g/mol.